The fraction of sp³-hybridized carbons (Fsp3) is 0.625. The summed E-state index contributed by atoms with van der Waals surface area (Å²) in [5, 5.41) is 16.2. The van der Waals surface area contributed by atoms with Gasteiger partial charge in [0, 0.05) is 30.6 Å². The minimum atomic E-state index is -0.810. The van der Waals surface area contributed by atoms with E-state index in [1.54, 1.807) is 41.5 Å². The molecule has 0 atom stereocenters. The Balaban J connectivity index is 2.08. The number of nitro benzene ring substituents is 1. The van der Waals surface area contributed by atoms with E-state index < -0.39 is 28.3 Å². The molecular formula is C24H35N5O6. The van der Waals surface area contributed by atoms with Crippen molar-refractivity contribution in [2.75, 3.05) is 31.1 Å². The number of nitro groups is 1. The molecule has 0 radical (unpaired) electrons. The fourth-order valence-electron chi connectivity index (χ4n) is 3.87. The predicted octanol–water partition coefficient (Wildman–Crippen LogP) is 4.96. The minimum Gasteiger partial charge on any atom is -0.443 e. The summed E-state index contributed by atoms with van der Waals surface area (Å²) in [6, 6.07) is 4.08. The van der Waals surface area contributed by atoms with Crippen molar-refractivity contribution in [2.45, 2.75) is 72.0 Å². The molecule has 0 N–H and O–H groups in total. The third-order valence-electron chi connectivity index (χ3n) is 5.38. The molecule has 1 fully saturated rings. The molecule has 2 aromatic rings. The third kappa shape index (κ3) is 6.91. The molecule has 11 heteroatoms. The highest BCUT2D eigenvalue weighted by Crippen LogP contribution is 2.31. The van der Waals surface area contributed by atoms with Gasteiger partial charge in [0.25, 0.3) is 5.69 Å². The number of rotatable bonds is 5. The van der Waals surface area contributed by atoms with Crippen LogP contribution in [0.5, 0.6) is 0 Å². The van der Waals surface area contributed by atoms with Crippen LogP contribution in [0.1, 0.15) is 60.8 Å². The Bertz CT molecular complexity index is 1090. The SMILES string of the molecule is CC(C)(C)OC(=O)N(CCN1CCCCC1)c1nn(C(=O)OC(C)(C)C)c2cc([N+](=O)[O-])ccc12. The first-order valence-electron chi connectivity index (χ1n) is 11.9. The summed E-state index contributed by atoms with van der Waals surface area (Å²) < 4.78 is 12.1. The maximum absolute atomic E-state index is 13.3. The van der Waals surface area contributed by atoms with E-state index >= 15 is 0 Å². The predicted molar refractivity (Wildman–Crippen MR) is 132 cm³/mol. The molecule has 35 heavy (non-hydrogen) atoms. The fourth-order valence-corrected chi connectivity index (χ4v) is 3.87. The molecule has 0 unspecified atom stereocenters. The minimum absolute atomic E-state index is 0.176. The summed E-state index contributed by atoms with van der Waals surface area (Å²) in [6.45, 7) is 13.2. The van der Waals surface area contributed by atoms with E-state index in [9.17, 15) is 19.7 Å². The second-order valence-electron chi connectivity index (χ2n) is 10.7. The van der Waals surface area contributed by atoms with E-state index in [-0.39, 0.29) is 23.6 Å². The molecule has 192 valence electrons. The number of anilines is 1. The molecule has 1 saturated heterocycles. The lowest BCUT2D eigenvalue weighted by Crippen LogP contribution is -2.43. The number of ether oxygens (including phenoxy) is 2. The van der Waals surface area contributed by atoms with Gasteiger partial charge in [0.2, 0.25) is 0 Å². The second-order valence-corrected chi connectivity index (χ2v) is 10.7. The van der Waals surface area contributed by atoms with Gasteiger partial charge in [-0.2, -0.15) is 4.68 Å². The van der Waals surface area contributed by atoms with Crippen LogP contribution in [0.3, 0.4) is 0 Å². The zero-order valence-corrected chi connectivity index (χ0v) is 21.4. The third-order valence-corrected chi connectivity index (χ3v) is 5.38. The van der Waals surface area contributed by atoms with Crippen molar-refractivity contribution in [1.82, 2.24) is 14.7 Å². The van der Waals surface area contributed by atoms with Crippen molar-refractivity contribution >= 4 is 34.6 Å². The van der Waals surface area contributed by atoms with Gasteiger partial charge in [-0.25, -0.2) is 9.59 Å². The van der Waals surface area contributed by atoms with Crippen molar-refractivity contribution in [1.29, 1.82) is 0 Å². The number of fused-ring (bicyclic) bond motifs is 1. The molecule has 3 rings (SSSR count). The van der Waals surface area contributed by atoms with Crippen LogP contribution in [0.25, 0.3) is 10.9 Å². The number of piperidine rings is 1. The van der Waals surface area contributed by atoms with Gasteiger partial charge in [-0.15, -0.1) is 5.10 Å². The maximum atomic E-state index is 13.3. The number of nitrogens with zero attached hydrogens (tertiary/aromatic N) is 5. The summed E-state index contributed by atoms with van der Waals surface area (Å²) in [4.78, 5) is 40.8. The summed E-state index contributed by atoms with van der Waals surface area (Å²) in [6.07, 6.45) is 1.99. The molecule has 1 amide bonds. The largest absolute Gasteiger partial charge is 0.443 e. The van der Waals surface area contributed by atoms with E-state index in [0.29, 0.717) is 11.9 Å². The van der Waals surface area contributed by atoms with E-state index in [4.69, 9.17) is 9.47 Å². The van der Waals surface area contributed by atoms with Crippen LogP contribution in [0.15, 0.2) is 18.2 Å². The molecule has 2 heterocycles. The number of benzene rings is 1. The van der Waals surface area contributed by atoms with Gasteiger partial charge in [0.05, 0.1) is 10.4 Å². The Morgan fingerprint density at radius 3 is 2.26 bits per heavy atom. The van der Waals surface area contributed by atoms with Gasteiger partial charge >= 0.3 is 12.2 Å². The number of likely N-dealkylation sites (tertiary alicyclic amines) is 1. The van der Waals surface area contributed by atoms with Gasteiger partial charge in [0.15, 0.2) is 5.82 Å². The Morgan fingerprint density at radius 2 is 1.69 bits per heavy atom. The van der Waals surface area contributed by atoms with Crippen LogP contribution in [-0.2, 0) is 9.47 Å². The van der Waals surface area contributed by atoms with Crippen LogP contribution in [0, 0.1) is 10.1 Å². The first-order valence-corrected chi connectivity index (χ1v) is 11.9. The van der Waals surface area contributed by atoms with Crippen molar-refractivity contribution in [3.05, 3.63) is 28.3 Å². The normalized spacial score (nSPS) is 15.1. The molecule has 0 saturated carbocycles. The zero-order valence-electron chi connectivity index (χ0n) is 21.4. The zero-order chi connectivity index (χ0) is 26.0. The molecule has 0 spiro atoms. The lowest BCUT2D eigenvalue weighted by atomic mass is 10.1. The smallest absolute Gasteiger partial charge is 0.435 e. The van der Waals surface area contributed by atoms with Gasteiger partial charge < -0.3 is 14.4 Å². The summed E-state index contributed by atoms with van der Waals surface area (Å²) in [5.41, 5.74) is -1.58. The first-order chi connectivity index (χ1) is 16.2. The molecule has 1 aliphatic heterocycles. The molecule has 1 aromatic heterocycles. The highest BCUT2D eigenvalue weighted by Gasteiger charge is 2.31. The Kier molecular flexibility index (Phi) is 7.68. The summed E-state index contributed by atoms with van der Waals surface area (Å²) in [7, 11) is 0. The van der Waals surface area contributed by atoms with Gasteiger partial charge in [-0.1, -0.05) is 6.42 Å². The van der Waals surface area contributed by atoms with Crippen molar-refractivity contribution in [3.8, 4) is 0 Å². The molecule has 0 bridgehead atoms. The maximum Gasteiger partial charge on any atom is 0.435 e. The van der Waals surface area contributed by atoms with Crippen molar-refractivity contribution in [2.24, 2.45) is 0 Å². The number of hydrogen-bond acceptors (Lipinski definition) is 8. The van der Waals surface area contributed by atoms with E-state index in [1.165, 1.54) is 29.5 Å². The number of carbonyl (C=O) groups is 2. The molecule has 11 nitrogen and oxygen atoms in total. The van der Waals surface area contributed by atoms with Crippen LogP contribution >= 0.6 is 0 Å². The molecular weight excluding hydrogens is 454 g/mol. The molecule has 1 aliphatic rings. The quantitative estimate of drug-likeness (QED) is 0.427. The molecule has 1 aromatic carbocycles. The van der Waals surface area contributed by atoms with Crippen molar-refractivity contribution in [3.63, 3.8) is 0 Å². The summed E-state index contributed by atoms with van der Waals surface area (Å²) in [5.74, 6) is 0.187. The summed E-state index contributed by atoms with van der Waals surface area (Å²) >= 11 is 0. The highest BCUT2D eigenvalue weighted by molar-refractivity contribution is 6.02. The number of hydrogen-bond donors (Lipinski definition) is 0. The lowest BCUT2D eigenvalue weighted by Gasteiger charge is -2.30. The standard InChI is InChI=1S/C24H35N5O6/c1-23(2,3)34-21(30)27(15-14-26-12-8-7-9-13-26)20-18-11-10-17(29(32)33)16-19(18)28(25-20)22(31)35-24(4,5)6/h10-11,16H,7-9,12-15H2,1-6H3. The number of amides is 1. The number of carbonyl (C=O) groups excluding carboxylic acids is 2. The van der Waals surface area contributed by atoms with E-state index in [2.05, 4.69) is 10.00 Å². The average molecular weight is 490 g/mol. The van der Waals surface area contributed by atoms with Crippen molar-refractivity contribution < 1.29 is 24.0 Å². The lowest BCUT2D eigenvalue weighted by molar-refractivity contribution is -0.384. The van der Waals surface area contributed by atoms with Gasteiger partial charge in [0.1, 0.15) is 11.2 Å². The van der Waals surface area contributed by atoms with E-state index in [0.717, 1.165) is 30.6 Å². The number of aromatic nitrogens is 2. The van der Waals surface area contributed by atoms with E-state index in [1.807, 2.05) is 0 Å². The van der Waals surface area contributed by atoms with Gasteiger partial charge in [-0.05, 0) is 73.5 Å². The Hall–Kier alpha value is -3.21. The topological polar surface area (TPSA) is 120 Å². The van der Waals surface area contributed by atoms with Crippen LogP contribution in [-0.4, -0.2) is 69.2 Å². The Labute approximate surface area is 205 Å². The first kappa shape index (κ1) is 26.4. The highest BCUT2D eigenvalue weighted by atomic mass is 16.6. The number of non-ortho nitro benzene ring substituents is 1. The molecule has 0 aliphatic carbocycles. The van der Waals surface area contributed by atoms with Crippen LogP contribution in [0.4, 0.5) is 21.1 Å². The monoisotopic (exact) mass is 489 g/mol. The van der Waals surface area contributed by atoms with Crippen LogP contribution in [0.2, 0.25) is 0 Å². The average Bonchev–Trinajstić information content (AvgIpc) is 3.11. The van der Waals surface area contributed by atoms with Gasteiger partial charge in [-0.3, -0.25) is 15.0 Å². The van der Waals surface area contributed by atoms with Crippen LogP contribution < -0.4 is 4.90 Å². The Morgan fingerprint density at radius 1 is 1.06 bits per heavy atom. The second kappa shape index (κ2) is 10.2.